The highest BCUT2D eigenvalue weighted by atomic mass is 16.5. The molecule has 0 saturated heterocycles. The Kier molecular flexibility index (Phi) is 6.70. The van der Waals surface area contributed by atoms with Gasteiger partial charge in [0.2, 0.25) is 0 Å². The van der Waals surface area contributed by atoms with E-state index in [1.165, 1.54) is 0 Å². The fourth-order valence-electron chi connectivity index (χ4n) is 1.84. The normalized spacial score (nSPS) is 11.8. The van der Waals surface area contributed by atoms with Crippen molar-refractivity contribution in [1.29, 1.82) is 0 Å². The lowest BCUT2D eigenvalue weighted by atomic mass is 10.1. The van der Waals surface area contributed by atoms with Gasteiger partial charge in [0.15, 0.2) is 0 Å². The molecule has 0 aliphatic carbocycles. The van der Waals surface area contributed by atoms with Gasteiger partial charge < -0.3 is 19.9 Å². The molecule has 1 atom stereocenters. The van der Waals surface area contributed by atoms with Crippen LogP contribution in [0, 0.1) is 0 Å². The van der Waals surface area contributed by atoms with Gasteiger partial charge in [0, 0.05) is 18.5 Å². The fraction of sp³-hybridized carbons (Fsp3) is 0.533. The molecule has 0 bridgehead atoms. The van der Waals surface area contributed by atoms with Crippen molar-refractivity contribution in [2.75, 3.05) is 18.5 Å². The van der Waals surface area contributed by atoms with Crippen molar-refractivity contribution in [2.45, 2.75) is 39.7 Å². The summed E-state index contributed by atoms with van der Waals surface area (Å²) in [5.74, 6) is 0.730. The molecule has 2 N–H and O–H groups in total. The van der Waals surface area contributed by atoms with E-state index in [0.29, 0.717) is 19.6 Å². The summed E-state index contributed by atoms with van der Waals surface area (Å²) in [4.78, 5) is 10.6. The zero-order chi connectivity index (χ0) is 15.0. The van der Waals surface area contributed by atoms with E-state index in [2.05, 4.69) is 5.32 Å². The average Bonchev–Trinajstić information content (AvgIpc) is 2.40. The first-order valence-electron chi connectivity index (χ1n) is 6.94. The van der Waals surface area contributed by atoms with Crippen molar-refractivity contribution in [3.63, 3.8) is 0 Å². The quantitative estimate of drug-likeness (QED) is 0.727. The number of hydrogen-bond donors (Lipinski definition) is 2. The van der Waals surface area contributed by atoms with E-state index in [1.54, 1.807) is 0 Å². The van der Waals surface area contributed by atoms with E-state index < -0.39 is 5.97 Å². The van der Waals surface area contributed by atoms with Gasteiger partial charge in [-0.3, -0.25) is 4.79 Å². The molecule has 112 valence electrons. The van der Waals surface area contributed by atoms with Crippen LogP contribution in [-0.4, -0.2) is 30.3 Å². The molecule has 0 heterocycles. The van der Waals surface area contributed by atoms with E-state index >= 15 is 0 Å². The fourth-order valence-corrected chi connectivity index (χ4v) is 1.84. The van der Waals surface area contributed by atoms with Crippen LogP contribution in [0.25, 0.3) is 0 Å². The smallest absolute Gasteiger partial charge is 0.303 e. The van der Waals surface area contributed by atoms with Crippen LogP contribution in [0.15, 0.2) is 18.2 Å². The Morgan fingerprint density at radius 3 is 2.60 bits per heavy atom. The second-order valence-corrected chi connectivity index (χ2v) is 4.50. The first-order valence-corrected chi connectivity index (χ1v) is 6.94. The maximum Gasteiger partial charge on any atom is 0.303 e. The molecule has 1 aromatic carbocycles. The van der Waals surface area contributed by atoms with Crippen molar-refractivity contribution >= 4 is 11.7 Å². The van der Waals surface area contributed by atoms with Gasteiger partial charge in [-0.2, -0.15) is 0 Å². The minimum atomic E-state index is -0.785. The number of anilines is 1. The molecule has 0 radical (unpaired) electrons. The Morgan fingerprint density at radius 2 is 2.00 bits per heavy atom. The lowest BCUT2D eigenvalue weighted by molar-refractivity contribution is -0.137. The van der Waals surface area contributed by atoms with Crippen molar-refractivity contribution in [3.05, 3.63) is 18.2 Å². The highest BCUT2D eigenvalue weighted by molar-refractivity contribution is 5.67. The molecule has 0 aliphatic rings. The predicted molar refractivity (Wildman–Crippen MR) is 78.7 cm³/mol. The van der Waals surface area contributed by atoms with E-state index in [9.17, 15) is 4.79 Å². The lowest BCUT2D eigenvalue weighted by Crippen LogP contribution is -2.17. The molecular weight excluding hydrogens is 258 g/mol. The van der Waals surface area contributed by atoms with Gasteiger partial charge in [0.05, 0.1) is 18.9 Å². The second-order valence-electron chi connectivity index (χ2n) is 4.50. The monoisotopic (exact) mass is 281 g/mol. The summed E-state index contributed by atoms with van der Waals surface area (Å²) in [5.41, 5.74) is 0.829. The van der Waals surface area contributed by atoms with Gasteiger partial charge in [-0.15, -0.1) is 0 Å². The Hall–Kier alpha value is -1.91. The molecule has 0 aromatic heterocycles. The number of ether oxygens (including phenoxy) is 2. The zero-order valence-electron chi connectivity index (χ0n) is 12.3. The highest BCUT2D eigenvalue weighted by Gasteiger charge is 2.10. The topological polar surface area (TPSA) is 67.8 Å². The molecule has 0 aliphatic heterocycles. The molecule has 0 fully saturated rings. The van der Waals surface area contributed by atoms with Crippen LogP contribution in [-0.2, 0) is 4.79 Å². The van der Waals surface area contributed by atoms with Crippen LogP contribution in [0.4, 0.5) is 5.69 Å². The molecule has 5 nitrogen and oxygen atoms in total. The third-order valence-corrected chi connectivity index (χ3v) is 2.75. The van der Waals surface area contributed by atoms with Crippen LogP contribution in [0.3, 0.4) is 0 Å². The highest BCUT2D eigenvalue weighted by Crippen LogP contribution is 2.30. The van der Waals surface area contributed by atoms with E-state index in [4.69, 9.17) is 14.6 Å². The minimum Gasteiger partial charge on any atom is -0.494 e. The molecular formula is C15H23NO4. The van der Waals surface area contributed by atoms with Crippen LogP contribution in [0.1, 0.15) is 33.6 Å². The van der Waals surface area contributed by atoms with Gasteiger partial charge in [0.1, 0.15) is 11.5 Å². The Balaban J connectivity index is 2.77. The third-order valence-electron chi connectivity index (χ3n) is 2.75. The van der Waals surface area contributed by atoms with Crippen molar-refractivity contribution < 1.29 is 19.4 Å². The first kappa shape index (κ1) is 16.1. The molecule has 0 saturated carbocycles. The van der Waals surface area contributed by atoms with Gasteiger partial charge >= 0.3 is 5.97 Å². The number of carbonyl (C=O) groups is 1. The van der Waals surface area contributed by atoms with Crippen molar-refractivity contribution in [2.24, 2.45) is 0 Å². The number of nitrogens with one attached hydrogen (secondary N) is 1. The second kappa shape index (κ2) is 8.30. The molecule has 0 amide bonds. The van der Waals surface area contributed by atoms with Crippen molar-refractivity contribution in [3.8, 4) is 11.5 Å². The van der Waals surface area contributed by atoms with Gasteiger partial charge in [0.25, 0.3) is 0 Å². The van der Waals surface area contributed by atoms with E-state index in [1.807, 2.05) is 39.0 Å². The summed E-state index contributed by atoms with van der Waals surface area (Å²) in [6.45, 7) is 6.98. The zero-order valence-corrected chi connectivity index (χ0v) is 12.3. The number of carboxylic acid groups (broad SMARTS) is 1. The number of benzene rings is 1. The Labute approximate surface area is 119 Å². The van der Waals surface area contributed by atoms with Crippen LogP contribution in [0.2, 0.25) is 0 Å². The largest absolute Gasteiger partial charge is 0.494 e. The summed E-state index contributed by atoms with van der Waals surface area (Å²) in [7, 11) is 0. The summed E-state index contributed by atoms with van der Waals surface area (Å²) in [6, 6.07) is 5.65. The van der Waals surface area contributed by atoms with Gasteiger partial charge in [-0.1, -0.05) is 0 Å². The van der Waals surface area contributed by atoms with E-state index in [-0.39, 0.29) is 12.5 Å². The number of rotatable bonds is 9. The third kappa shape index (κ3) is 5.38. The number of hydrogen-bond acceptors (Lipinski definition) is 4. The molecule has 5 heteroatoms. The Morgan fingerprint density at radius 1 is 1.30 bits per heavy atom. The molecule has 1 unspecified atom stereocenters. The standard InChI is InChI=1S/C15H23NO4/c1-4-19-12-7-8-14(20-5-2)13(10-12)16-11(3)6-9-15(17)18/h7-8,10-11,16H,4-6,9H2,1-3H3,(H,17,18). The Bertz CT molecular complexity index is 434. The minimum absolute atomic E-state index is 0.0437. The SMILES string of the molecule is CCOc1ccc(OCC)c(NC(C)CCC(=O)O)c1. The maximum absolute atomic E-state index is 10.6. The first-order chi connectivity index (χ1) is 9.56. The number of carboxylic acids is 1. The van der Waals surface area contributed by atoms with Crippen molar-refractivity contribution in [1.82, 2.24) is 0 Å². The molecule has 1 aromatic rings. The summed E-state index contributed by atoms with van der Waals surface area (Å²) >= 11 is 0. The summed E-state index contributed by atoms with van der Waals surface area (Å²) in [5, 5.41) is 12.0. The van der Waals surface area contributed by atoms with Crippen LogP contribution >= 0.6 is 0 Å². The van der Waals surface area contributed by atoms with Crippen LogP contribution in [0.5, 0.6) is 11.5 Å². The summed E-state index contributed by atoms with van der Waals surface area (Å²) < 4.78 is 11.0. The predicted octanol–water partition coefficient (Wildman–Crippen LogP) is 3.15. The van der Waals surface area contributed by atoms with E-state index in [0.717, 1.165) is 17.2 Å². The van der Waals surface area contributed by atoms with Crippen LogP contribution < -0.4 is 14.8 Å². The lowest BCUT2D eigenvalue weighted by Gasteiger charge is -2.18. The average molecular weight is 281 g/mol. The molecule has 20 heavy (non-hydrogen) atoms. The van der Waals surface area contributed by atoms with Gasteiger partial charge in [-0.05, 0) is 39.3 Å². The molecule has 0 spiro atoms. The maximum atomic E-state index is 10.6. The molecule has 1 rings (SSSR count). The summed E-state index contributed by atoms with van der Waals surface area (Å²) in [6.07, 6.45) is 0.697. The van der Waals surface area contributed by atoms with Gasteiger partial charge in [-0.25, -0.2) is 0 Å². The number of aliphatic carboxylic acids is 1.